The molecule has 2 aromatic heterocycles. The van der Waals surface area contributed by atoms with Crippen LogP contribution in [0.4, 0.5) is 11.5 Å². The third-order valence-corrected chi connectivity index (χ3v) is 4.60. The van der Waals surface area contributed by atoms with E-state index in [1.807, 2.05) is 19.2 Å². The molecule has 3 N–H and O–H groups in total. The minimum atomic E-state index is -0.0841. The smallest absolute Gasteiger partial charge is 0.270 e. The quantitative estimate of drug-likeness (QED) is 0.697. The zero-order valence-corrected chi connectivity index (χ0v) is 14.3. The van der Waals surface area contributed by atoms with E-state index in [9.17, 15) is 4.79 Å². The first-order valence-corrected chi connectivity index (χ1v) is 8.80. The van der Waals surface area contributed by atoms with Gasteiger partial charge in [-0.3, -0.25) is 9.78 Å². The maximum atomic E-state index is 12.1. The highest BCUT2D eigenvalue weighted by Gasteiger charge is 2.31. The summed E-state index contributed by atoms with van der Waals surface area (Å²) in [7, 11) is 0. The minimum Gasteiger partial charge on any atom is -0.383 e. The Hall–Kier alpha value is -2.70. The van der Waals surface area contributed by atoms with Crippen LogP contribution in [0.2, 0.25) is 0 Å². The number of nitrogens with zero attached hydrogens (tertiary/aromatic N) is 3. The second-order valence-electron chi connectivity index (χ2n) is 6.58. The van der Waals surface area contributed by atoms with Crippen LogP contribution >= 0.6 is 0 Å². The number of fused-ring (bicyclic) bond motifs is 1. The summed E-state index contributed by atoms with van der Waals surface area (Å²) in [6, 6.07) is 1.97. The first kappa shape index (κ1) is 15.8. The zero-order valence-electron chi connectivity index (χ0n) is 14.3. The standard InChI is InChI=1S/C18H22N6O/c1-11-10-19-6-5-14(11)20-8-9-21-17-13-4-7-22-18(25)15(13)23-16(24-17)12-2-3-12/h5-6,10,12H,2-4,7-9H2,1H3,(H,19,20)(H,22,25)(H,21,23,24). The Morgan fingerprint density at radius 1 is 1.24 bits per heavy atom. The van der Waals surface area contributed by atoms with Crippen molar-refractivity contribution in [2.45, 2.75) is 32.1 Å². The SMILES string of the molecule is Cc1cnccc1NCCNc1nc(C2CC2)nc2c1CCNC2=O. The third-order valence-electron chi connectivity index (χ3n) is 4.60. The maximum Gasteiger partial charge on any atom is 0.270 e. The van der Waals surface area contributed by atoms with Gasteiger partial charge < -0.3 is 16.0 Å². The molecule has 2 aromatic rings. The molecule has 1 aliphatic carbocycles. The summed E-state index contributed by atoms with van der Waals surface area (Å²) < 4.78 is 0. The normalized spacial score (nSPS) is 16.1. The van der Waals surface area contributed by atoms with Gasteiger partial charge in [0.05, 0.1) is 0 Å². The molecular weight excluding hydrogens is 316 g/mol. The summed E-state index contributed by atoms with van der Waals surface area (Å²) in [6.07, 6.45) is 6.62. The predicted molar refractivity (Wildman–Crippen MR) is 96.0 cm³/mol. The number of nitrogens with one attached hydrogen (secondary N) is 3. The van der Waals surface area contributed by atoms with Gasteiger partial charge in [-0.05, 0) is 37.8 Å². The van der Waals surface area contributed by atoms with Crippen molar-refractivity contribution >= 4 is 17.4 Å². The lowest BCUT2D eigenvalue weighted by atomic mass is 10.1. The summed E-state index contributed by atoms with van der Waals surface area (Å²) in [6.45, 7) is 4.15. The fourth-order valence-electron chi connectivity index (χ4n) is 3.03. The highest BCUT2D eigenvalue weighted by Crippen LogP contribution is 2.39. The van der Waals surface area contributed by atoms with Crippen molar-refractivity contribution in [3.8, 4) is 0 Å². The van der Waals surface area contributed by atoms with E-state index in [0.717, 1.165) is 60.8 Å². The third kappa shape index (κ3) is 3.40. The molecule has 0 bridgehead atoms. The average molecular weight is 338 g/mol. The summed E-state index contributed by atoms with van der Waals surface area (Å²) >= 11 is 0. The van der Waals surface area contributed by atoms with Crippen LogP contribution in [-0.4, -0.2) is 40.5 Å². The van der Waals surface area contributed by atoms with Crippen LogP contribution in [0.5, 0.6) is 0 Å². The number of rotatable bonds is 6. The maximum absolute atomic E-state index is 12.1. The van der Waals surface area contributed by atoms with Gasteiger partial charge in [-0.1, -0.05) is 0 Å². The van der Waals surface area contributed by atoms with Gasteiger partial charge in [0.15, 0.2) is 0 Å². The van der Waals surface area contributed by atoms with Crippen molar-refractivity contribution < 1.29 is 4.79 Å². The van der Waals surface area contributed by atoms with Crippen molar-refractivity contribution in [2.24, 2.45) is 0 Å². The van der Waals surface area contributed by atoms with Crippen LogP contribution in [0.1, 0.15) is 46.2 Å². The minimum absolute atomic E-state index is 0.0841. The summed E-state index contributed by atoms with van der Waals surface area (Å²) in [5.41, 5.74) is 3.69. The lowest BCUT2D eigenvalue weighted by Crippen LogP contribution is -2.34. The summed E-state index contributed by atoms with van der Waals surface area (Å²) in [4.78, 5) is 25.5. The molecule has 0 unspecified atom stereocenters. The molecule has 4 rings (SSSR count). The first-order valence-electron chi connectivity index (χ1n) is 8.80. The summed E-state index contributed by atoms with van der Waals surface area (Å²) in [5, 5.41) is 9.67. The molecule has 0 aromatic carbocycles. The van der Waals surface area contributed by atoms with E-state index >= 15 is 0 Å². The Bertz CT molecular complexity index is 802. The lowest BCUT2D eigenvalue weighted by molar-refractivity contribution is 0.0940. The average Bonchev–Trinajstić information content (AvgIpc) is 3.45. The van der Waals surface area contributed by atoms with E-state index in [4.69, 9.17) is 4.98 Å². The fraction of sp³-hybridized carbons (Fsp3) is 0.444. The molecule has 1 aliphatic heterocycles. The fourth-order valence-corrected chi connectivity index (χ4v) is 3.03. The van der Waals surface area contributed by atoms with Crippen molar-refractivity contribution in [3.05, 3.63) is 41.1 Å². The number of amides is 1. The molecule has 1 fully saturated rings. The number of aromatic nitrogens is 3. The van der Waals surface area contributed by atoms with Crippen LogP contribution in [0.15, 0.2) is 18.5 Å². The molecule has 1 amide bonds. The largest absolute Gasteiger partial charge is 0.383 e. The Labute approximate surface area is 146 Å². The number of anilines is 2. The highest BCUT2D eigenvalue weighted by atomic mass is 16.1. The molecule has 130 valence electrons. The molecule has 7 nitrogen and oxygen atoms in total. The van der Waals surface area contributed by atoms with Crippen LogP contribution in [-0.2, 0) is 6.42 Å². The Morgan fingerprint density at radius 3 is 2.88 bits per heavy atom. The Balaban J connectivity index is 1.46. The van der Waals surface area contributed by atoms with E-state index in [2.05, 4.69) is 25.9 Å². The second kappa shape index (κ2) is 6.66. The second-order valence-corrected chi connectivity index (χ2v) is 6.58. The Kier molecular flexibility index (Phi) is 4.21. The summed E-state index contributed by atoms with van der Waals surface area (Å²) in [5.74, 6) is 1.95. The van der Waals surface area contributed by atoms with E-state index in [1.54, 1.807) is 6.20 Å². The lowest BCUT2D eigenvalue weighted by Gasteiger charge is -2.20. The molecule has 2 aliphatic rings. The predicted octanol–water partition coefficient (Wildman–Crippen LogP) is 1.87. The zero-order chi connectivity index (χ0) is 17.2. The van der Waals surface area contributed by atoms with E-state index < -0.39 is 0 Å². The van der Waals surface area contributed by atoms with Crippen LogP contribution in [0, 0.1) is 6.92 Å². The first-order chi connectivity index (χ1) is 12.2. The highest BCUT2D eigenvalue weighted by molar-refractivity contribution is 5.96. The number of pyridine rings is 1. The van der Waals surface area contributed by atoms with Crippen LogP contribution < -0.4 is 16.0 Å². The number of hydrogen-bond donors (Lipinski definition) is 3. The van der Waals surface area contributed by atoms with Gasteiger partial charge in [0.25, 0.3) is 5.91 Å². The molecule has 0 spiro atoms. The van der Waals surface area contributed by atoms with E-state index in [1.165, 1.54) is 0 Å². The van der Waals surface area contributed by atoms with Crippen molar-refractivity contribution in [3.63, 3.8) is 0 Å². The molecule has 1 saturated carbocycles. The van der Waals surface area contributed by atoms with Gasteiger partial charge in [0.1, 0.15) is 17.3 Å². The molecule has 0 radical (unpaired) electrons. The number of aryl methyl sites for hydroxylation is 1. The molecule has 3 heterocycles. The molecule has 25 heavy (non-hydrogen) atoms. The number of carbonyl (C=O) groups excluding carboxylic acids is 1. The molecular formula is C18H22N6O. The number of carbonyl (C=O) groups is 1. The number of hydrogen-bond acceptors (Lipinski definition) is 6. The van der Waals surface area contributed by atoms with Gasteiger partial charge >= 0.3 is 0 Å². The van der Waals surface area contributed by atoms with Gasteiger partial charge in [-0.2, -0.15) is 0 Å². The molecule has 7 heteroatoms. The van der Waals surface area contributed by atoms with Gasteiger partial charge in [0, 0.05) is 49.2 Å². The van der Waals surface area contributed by atoms with Crippen LogP contribution in [0.25, 0.3) is 0 Å². The van der Waals surface area contributed by atoms with Gasteiger partial charge in [0.2, 0.25) is 0 Å². The topological polar surface area (TPSA) is 91.8 Å². The van der Waals surface area contributed by atoms with Crippen molar-refractivity contribution in [2.75, 3.05) is 30.3 Å². The van der Waals surface area contributed by atoms with Gasteiger partial charge in [-0.25, -0.2) is 9.97 Å². The van der Waals surface area contributed by atoms with Crippen molar-refractivity contribution in [1.82, 2.24) is 20.3 Å². The Morgan fingerprint density at radius 2 is 2.08 bits per heavy atom. The molecule has 0 saturated heterocycles. The van der Waals surface area contributed by atoms with Crippen LogP contribution in [0.3, 0.4) is 0 Å². The van der Waals surface area contributed by atoms with Crippen molar-refractivity contribution in [1.29, 1.82) is 0 Å². The van der Waals surface area contributed by atoms with Gasteiger partial charge in [-0.15, -0.1) is 0 Å². The van der Waals surface area contributed by atoms with E-state index in [0.29, 0.717) is 18.2 Å². The van der Waals surface area contributed by atoms with E-state index in [-0.39, 0.29) is 5.91 Å². The monoisotopic (exact) mass is 338 g/mol. The molecule has 0 atom stereocenters.